The Kier molecular flexibility index (Phi) is 3.54. The van der Waals surface area contributed by atoms with Gasteiger partial charge in [-0.3, -0.25) is 0 Å². The van der Waals surface area contributed by atoms with Gasteiger partial charge in [-0.05, 0) is 19.1 Å². The van der Waals surface area contributed by atoms with E-state index in [9.17, 15) is 4.79 Å². The smallest absolute Gasteiger partial charge is 0.333 e. The molecule has 0 saturated carbocycles. The van der Waals surface area contributed by atoms with Crippen LogP contribution < -0.4 is 0 Å². The number of nitrogens with zero attached hydrogens (tertiary/aromatic N) is 1. The second-order valence-corrected chi connectivity index (χ2v) is 4.69. The van der Waals surface area contributed by atoms with Gasteiger partial charge >= 0.3 is 5.97 Å². The van der Waals surface area contributed by atoms with E-state index >= 15 is 0 Å². The Balaban J connectivity index is 2.13. The molecule has 0 radical (unpaired) electrons. The molecule has 0 aliphatic rings. The first-order valence-electron chi connectivity index (χ1n) is 5.40. The van der Waals surface area contributed by atoms with E-state index in [2.05, 4.69) is 11.6 Å². The van der Waals surface area contributed by atoms with Gasteiger partial charge < -0.3 is 4.74 Å². The van der Waals surface area contributed by atoms with Crippen molar-refractivity contribution in [2.24, 2.45) is 0 Å². The quantitative estimate of drug-likeness (QED) is 0.616. The van der Waals surface area contributed by atoms with Crippen molar-refractivity contribution in [3.8, 4) is 0 Å². The molecule has 0 aliphatic carbocycles. The van der Waals surface area contributed by atoms with Crippen molar-refractivity contribution in [3.05, 3.63) is 41.4 Å². The molecule has 0 atom stereocenters. The van der Waals surface area contributed by atoms with E-state index in [0.29, 0.717) is 18.6 Å². The predicted molar refractivity (Wildman–Crippen MR) is 69.1 cm³/mol. The van der Waals surface area contributed by atoms with Crippen molar-refractivity contribution in [2.75, 3.05) is 6.61 Å². The molecule has 1 aromatic carbocycles. The minimum Gasteiger partial charge on any atom is -0.463 e. The van der Waals surface area contributed by atoms with Crippen LogP contribution in [0.4, 0.5) is 0 Å². The standard InChI is InChI=1S/C13H13NO2S/c1-3-16-13(15)9(2)8-12-14-10-6-4-5-7-11(10)17-12/h4-7H,2-3,8H2,1H3. The molecular formula is C13H13NO2S. The molecule has 0 spiro atoms. The Morgan fingerprint density at radius 2 is 2.24 bits per heavy atom. The van der Waals surface area contributed by atoms with Crippen molar-refractivity contribution in [1.29, 1.82) is 0 Å². The van der Waals surface area contributed by atoms with Crippen LogP contribution >= 0.6 is 11.3 Å². The molecule has 3 nitrogen and oxygen atoms in total. The zero-order valence-corrected chi connectivity index (χ0v) is 10.4. The highest BCUT2D eigenvalue weighted by atomic mass is 32.1. The maximum absolute atomic E-state index is 11.4. The third-order valence-corrected chi connectivity index (χ3v) is 3.30. The number of aromatic nitrogens is 1. The van der Waals surface area contributed by atoms with E-state index in [1.807, 2.05) is 24.3 Å². The first kappa shape index (κ1) is 11.8. The van der Waals surface area contributed by atoms with Gasteiger partial charge in [0, 0.05) is 12.0 Å². The Morgan fingerprint density at radius 1 is 1.47 bits per heavy atom. The van der Waals surface area contributed by atoms with E-state index in [4.69, 9.17) is 4.74 Å². The van der Waals surface area contributed by atoms with E-state index in [1.54, 1.807) is 18.3 Å². The zero-order chi connectivity index (χ0) is 12.3. The zero-order valence-electron chi connectivity index (χ0n) is 9.60. The maximum atomic E-state index is 11.4. The largest absolute Gasteiger partial charge is 0.463 e. The summed E-state index contributed by atoms with van der Waals surface area (Å²) in [5.41, 5.74) is 1.41. The number of carbonyl (C=O) groups excluding carboxylic acids is 1. The lowest BCUT2D eigenvalue weighted by Gasteiger charge is -2.02. The number of para-hydroxylation sites is 1. The van der Waals surface area contributed by atoms with E-state index < -0.39 is 0 Å². The summed E-state index contributed by atoms with van der Waals surface area (Å²) in [6, 6.07) is 7.91. The van der Waals surface area contributed by atoms with Crippen LogP contribution in [0.5, 0.6) is 0 Å². The molecular weight excluding hydrogens is 234 g/mol. The topological polar surface area (TPSA) is 39.2 Å². The molecule has 0 bridgehead atoms. The predicted octanol–water partition coefficient (Wildman–Crippen LogP) is 2.96. The van der Waals surface area contributed by atoms with Crippen LogP contribution in [0, 0.1) is 0 Å². The number of ether oxygens (including phenoxy) is 1. The number of fused-ring (bicyclic) bond motifs is 1. The van der Waals surface area contributed by atoms with Crippen LogP contribution in [0.25, 0.3) is 10.2 Å². The minimum absolute atomic E-state index is 0.341. The van der Waals surface area contributed by atoms with Crippen molar-refractivity contribution in [3.63, 3.8) is 0 Å². The van der Waals surface area contributed by atoms with Crippen LogP contribution in [-0.2, 0) is 16.0 Å². The molecule has 1 aromatic heterocycles. The number of rotatable bonds is 4. The normalized spacial score (nSPS) is 10.4. The van der Waals surface area contributed by atoms with E-state index in [-0.39, 0.29) is 5.97 Å². The van der Waals surface area contributed by atoms with Crippen LogP contribution in [0.15, 0.2) is 36.4 Å². The number of carbonyl (C=O) groups is 1. The van der Waals surface area contributed by atoms with Gasteiger partial charge in [0.15, 0.2) is 0 Å². The lowest BCUT2D eigenvalue weighted by molar-refractivity contribution is -0.138. The van der Waals surface area contributed by atoms with Gasteiger partial charge in [-0.1, -0.05) is 18.7 Å². The van der Waals surface area contributed by atoms with Gasteiger partial charge in [-0.15, -0.1) is 11.3 Å². The van der Waals surface area contributed by atoms with E-state index in [1.165, 1.54) is 0 Å². The SMILES string of the molecule is C=C(Cc1nc2ccccc2s1)C(=O)OCC. The lowest BCUT2D eigenvalue weighted by atomic mass is 10.2. The molecule has 0 fully saturated rings. The number of esters is 1. The first-order chi connectivity index (χ1) is 8.20. The number of hydrogen-bond donors (Lipinski definition) is 0. The summed E-state index contributed by atoms with van der Waals surface area (Å²) in [5.74, 6) is -0.341. The van der Waals surface area contributed by atoms with Gasteiger partial charge in [0.25, 0.3) is 0 Å². The highest BCUT2D eigenvalue weighted by Gasteiger charge is 2.11. The Morgan fingerprint density at radius 3 is 2.94 bits per heavy atom. The molecule has 1 heterocycles. The van der Waals surface area contributed by atoms with Crippen LogP contribution in [0.2, 0.25) is 0 Å². The monoisotopic (exact) mass is 247 g/mol. The fourth-order valence-corrected chi connectivity index (χ4v) is 2.49. The van der Waals surface area contributed by atoms with Gasteiger partial charge in [0.05, 0.1) is 21.8 Å². The Labute approximate surface area is 104 Å². The summed E-state index contributed by atoms with van der Waals surface area (Å²) in [6.45, 7) is 5.88. The molecule has 0 saturated heterocycles. The van der Waals surface area contributed by atoms with Crippen molar-refractivity contribution in [1.82, 2.24) is 4.98 Å². The molecule has 4 heteroatoms. The summed E-state index contributed by atoms with van der Waals surface area (Å²) >= 11 is 1.58. The van der Waals surface area contributed by atoms with Crippen LogP contribution in [0.3, 0.4) is 0 Å². The average molecular weight is 247 g/mol. The molecule has 2 aromatic rings. The van der Waals surface area contributed by atoms with Gasteiger partial charge in [-0.25, -0.2) is 9.78 Å². The molecule has 17 heavy (non-hydrogen) atoms. The third kappa shape index (κ3) is 2.71. The third-order valence-electron chi connectivity index (χ3n) is 2.27. The van der Waals surface area contributed by atoms with Crippen molar-refractivity contribution in [2.45, 2.75) is 13.3 Å². The summed E-state index contributed by atoms with van der Waals surface area (Å²) < 4.78 is 6.01. The van der Waals surface area contributed by atoms with Crippen molar-refractivity contribution < 1.29 is 9.53 Å². The van der Waals surface area contributed by atoms with Gasteiger partial charge in [0.2, 0.25) is 0 Å². The molecule has 88 valence electrons. The van der Waals surface area contributed by atoms with Gasteiger partial charge in [0.1, 0.15) is 0 Å². The minimum atomic E-state index is -0.341. The fraction of sp³-hybridized carbons (Fsp3) is 0.231. The highest BCUT2D eigenvalue weighted by Crippen LogP contribution is 2.23. The summed E-state index contributed by atoms with van der Waals surface area (Å²) in [4.78, 5) is 15.9. The summed E-state index contributed by atoms with van der Waals surface area (Å²) in [7, 11) is 0. The second-order valence-electron chi connectivity index (χ2n) is 3.58. The molecule has 0 N–H and O–H groups in total. The first-order valence-corrected chi connectivity index (χ1v) is 6.21. The maximum Gasteiger partial charge on any atom is 0.333 e. The Bertz CT molecular complexity index is 526. The van der Waals surface area contributed by atoms with Crippen LogP contribution in [0.1, 0.15) is 11.9 Å². The van der Waals surface area contributed by atoms with Crippen LogP contribution in [-0.4, -0.2) is 17.6 Å². The Hall–Kier alpha value is -1.68. The van der Waals surface area contributed by atoms with Gasteiger partial charge in [-0.2, -0.15) is 0 Å². The lowest BCUT2D eigenvalue weighted by Crippen LogP contribution is -2.08. The second kappa shape index (κ2) is 5.10. The summed E-state index contributed by atoms with van der Waals surface area (Å²) in [5, 5.41) is 0.893. The molecule has 0 unspecified atom stereocenters. The van der Waals surface area contributed by atoms with E-state index in [0.717, 1.165) is 15.2 Å². The fourth-order valence-electron chi connectivity index (χ4n) is 1.48. The number of hydrogen-bond acceptors (Lipinski definition) is 4. The van der Waals surface area contributed by atoms with Crippen molar-refractivity contribution >= 4 is 27.5 Å². The molecule has 0 aliphatic heterocycles. The molecule has 2 rings (SSSR count). The highest BCUT2D eigenvalue weighted by molar-refractivity contribution is 7.18. The summed E-state index contributed by atoms with van der Waals surface area (Å²) in [6.07, 6.45) is 0.457. The average Bonchev–Trinajstić information content (AvgIpc) is 2.71. The number of thiazole rings is 1. The number of benzene rings is 1. The molecule has 0 amide bonds.